The molecule has 0 unspecified atom stereocenters. The van der Waals surface area contributed by atoms with Crippen molar-refractivity contribution in [3.05, 3.63) is 54.1 Å². The van der Waals surface area contributed by atoms with Gasteiger partial charge in [-0.05, 0) is 44.2 Å². The number of halogens is 3. The molecular weight excluding hydrogens is 450 g/mol. The van der Waals surface area contributed by atoms with Crippen LogP contribution >= 0.6 is 0 Å². The molecule has 2 aromatic carbocycles. The minimum atomic E-state index is -4.47. The number of nitrogens with zero attached hydrogens (tertiary/aromatic N) is 1. The van der Waals surface area contributed by atoms with Gasteiger partial charge < -0.3 is 14.7 Å². The molecule has 9 heteroatoms. The molecule has 0 aromatic heterocycles. The fraction of sp³-hybridized carbons (Fsp3) is 0.368. The molecule has 1 heterocycles. The number of hydrogen-bond acceptors (Lipinski definition) is 5. The number of hydrogen-bond donors (Lipinski definition) is 3. The van der Waals surface area contributed by atoms with Gasteiger partial charge >= 0.3 is 6.18 Å². The van der Waals surface area contributed by atoms with Gasteiger partial charge in [-0.25, -0.2) is 0 Å². The molecular formula is C19H23F3N2O3Y. The Morgan fingerprint density at radius 3 is 2.14 bits per heavy atom. The van der Waals surface area contributed by atoms with Crippen LogP contribution in [0.5, 0.6) is 11.5 Å². The van der Waals surface area contributed by atoms with Gasteiger partial charge in [-0.1, -0.05) is 18.2 Å². The summed E-state index contributed by atoms with van der Waals surface area (Å²) in [5.74, 6) is 0.438. The van der Waals surface area contributed by atoms with Crippen LogP contribution in [0.3, 0.4) is 0 Å². The fourth-order valence-electron chi connectivity index (χ4n) is 2.62. The molecule has 2 aromatic rings. The second-order valence-electron chi connectivity index (χ2n) is 6.31. The van der Waals surface area contributed by atoms with Crippen molar-refractivity contribution >= 4 is 5.69 Å². The van der Waals surface area contributed by atoms with E-state index in [1.807, 2.05) is 13.1 Å². The zero-order chi connectivity index (χ0) is 19.9. The van der Waals surface area contributed by atoms with Crippen LogP contribution in [0.1, 0.15) is 18.4 Å². The molecule has 5 nitrogen and oxygen atoms in total. The predicted molar refractivity (Wildman–Crippen MR) is 96.1 cm³/mol. The molecule has 3 rings (SSSR count). The molecule has 1 radical (unpaired) electrons. The van der Waals surface area contributed by atoms with Crippen molar-refractivity contribution in [2.24, 2.45) is 0 Å². The first-order valence-electron chi connectivity index (χ1n) is 8.49. The van der Waals surface area contributed by atoms with Gasteiger partial charge in [0, 0.05) is 51.9 Å². The van der Waals surface area contributed by atoms with Crippen molar-refractivity contribution in [1.29, 1.82) is 0 Å². The monoisotopic (exact) mass is 473 g/mol. The number of aromatic hydroxyl groups is 1. The number of piperidine rings is 1. The summed E-state index contributed by atoms with van der Waals surface area (Å²) in [7, 11) is 1.99. The van der Waals surface area contributed by atoms with Crippen LogP contribution in [-0.4, -0.2) is 41.5 Å². The Hall–Kier alpha value is -1.35. The maximum absolute atomic E-state index is 12.7. The van der Waals surface area contributed by atoms with E-state index in [1.165, 1.54) is 6.07 Å². The molecule has 0 saturated carbocycles. The van der Waals surface area contributed by atoms with E-state index in [9.17, 15) is 13.2 Å². The molecule has 1 aliphatic rings. The Kier molecular flexibility index (Phi) is 10.2. The van der Waals surface area contributed by atoms with Crippen molar-refractivity contribution in [3.8, 4) is 11.5 Å². The number of phenolic OH excluding ortho intramolecular Hbond substituents is 1. The smallest absolute Gasteiger partial charge is 0.416 e. The van der Waals surface area contributed by atoms with Crippen molar-refractivity contribution in [3.63, 3.8) is 0 Å². The van der Waals surface area contributed by atoms with E-state index in [0.29, 0.717) is 5.75 Å². The van der Waals surface area contributed by atoms with Crippen LogP contribution in [0.4, 0.5) is 18.9 Å². The Labute approximate surface area is 187 Å². The third-order valence-electron chi connectivity index (χ3n) is 4.09. The second kappa shape index (κ2) is 11.6. The molecule has 0 aliphatic carbocycles. The van der Waals surface area contributed by atoms with Gasteiger partial charge in [0.25, 0.3) is 0 Å². The molecule has 0 bridgehead atoms. The molecule has 0 atom stereocenters. The van der Waals surface area contributed by atoms with Gasteiger partial charge in [0.2, 0.25) is 0 Å². The Morgan fingerprint density at radius 2 is 1.68 bits per heavy atom. The topological polar surface area (TPSA) is 65.0 Å². The zero-order valence-corrected chi connectivity index (χ0v) is 18.3. The summed E-state index contributed by atoms with van der Waals surface area (Å²) in [6, 6.07) is 11.9. The van der Waals surface area contributed by atoms with Crippen LogP contribution in [0.25, 0.3) is 0 Å². The maximum Gasteiger partial charge on any atom is 0.416 e. The number of anilines is 1. The summed E-state index contributed by atoms with van der Waals surface area (Å²) in [6.45, 7) is 1.71. The average Bonchev–Trinajstić information content (AvgIpc) is 2.64. The van der Waals surface area contributed by atoms with Crippen LogP contribution in [0.2, 0.25) is 0 Å². The SMILES string of the molecule is CN1CCC(Oc2cc(NO)cc(C(F)(F)F)c2)CC1.Oc1ccccc1.[Y]. The number of phenols is 1. The van der Waals surface area contributed by atoms with E-state index in [2.05, 4.69) is 4.90 Å². The standard InChI is InChI=1S/C13H17F3N2O2.C6H6O.Y/c1-18-4-2-11(3-5-18)20-12-7-9(13(14,15)16)6-10(8-12)17-19;7-6-4-2-1-3-5-6;/h6-8,11,17,19H,2-5H2,1H3;1-5,7H;. The maximum atomic E-state index is 12.7. The summed E-state index contributed by atoms with van der Waals surface area (Å²) >= 11 is 0. The average molecular weight is 473 g/mol. The normalized spacial score (nSPS) is 15.0. The number of rotatable bonds is 3. The second-order valence-corrected chi connectivity index (χ2v) is 6.31. The molecule has 0 spiro atoms. The largest absolute Gasteiger partial charge is 0.508 e. The third kappa shape index (κ3) is 8.35. The number of likely N-dealkylation sites (tertiary alicyclic amines) is 1. The van der Waals surface area contributed by atoms with Crippen molar-refractivity contribution < 1.29 is 60.9 Å². The van der Waals surface area contributed by atoms with E-state index in [1.54, 1.807) is 29.7 Å². The molecule has 1 saturated heterocycles. The predicted octanol–water partition coefficient (Wildman–Crippen LogP) is 4.37. The summed E-state index contributed by atoms with van der Waals surface area (Å²) in [6.07, 6.45) is -3.03. The summed E-state index contributed by atoms with van der Waals surface area (Å²) in [4.78, 5) is 2.15. The number of alkyl halides is 3. The van der Waals surface area contributed by atoms with E-state index in [-0.39, 0.29) is 50.3 Å². The van der Waals surface area contributed by atoms with E-state index >= 15 is 0 Å². The van der Waals surface area contributed by atoms with Gasteiger partial charge in [-0.2, -0.15) is 13.2 Å². The third-order valence-corrected chi connectivity index (χ3v) is 4.09. The summed E-state index contributed by atoms with van der Waals surface area (Å²) < 4.78 is 43.8. The minimum Gasteiger partial charge on any atom is -0.508 e. The van der Waals surface area contributed by atoms with Gasteiger partial charge in [-0.3, -0.25) is 10.7 Å². The fourth-order valence-corrected chi connectivity index (χ4v) is 2.62. The first-order valence-corrected chi connectivity index (χ1v) is 8.49. The van der Waals surface area contributed by atoms with E-state index in [4.69, 9.17) is 15.1 Å². The molecule has 1 fully saturated rings. The Bertz CT molecular complexity index is 709. The van der Waals surface area contributed by atoms with Crippen molar-refractivity contribution in [2.75, 3.05) is 25.6 Å². The molecule has 1 aliphatic heterocycles. The van der Waals surface area contributed by atoms with Crippen LogP contribution in [0, 0.1) is 0 Å². The first kappa shape index (κ1) is 24.7. The zero-order valence-electron chi connectivity index (χ0n) is 15.5. The number of ether oxygens (including phenoxy) is 1. The van der Waals surface area contributed by atoms with Crippen molar-refractivity contribution in [1.82, 2.24) is 4.90 Å². The van der Waals surface area contributed by atoms with Crippen molar-refractivity contribution in [2.45, 2.75) is 25.1 Å². The summed E-state index contributed by atoms with van der Waals surface area (Å²) in [5, 5.41) is 17.4. The quantitative estimate of drug-likeness (QED) is 0.578. The van der Waals surface area contributed by atoms with Gasteiger partial charge in [0.15, 0.2) is 0 Å². The van der Waals surface area contributed by atoms with Gasteiger partial charge in [0.05, 0.1) is 11.3 Å². The van der Waals surface area contributed by atoms with Crippen LogP contribution in [-0.2, 0) is 38.9 Å². The number of nitrogens with one attached hydrogen (secondary N) is 1. The molecule has 0 amide bonds. The van der Waals surface area contributed by atoms with E-state index < -0.39 is 11.7 Å². The Morgan fingerprint density at radius 1 is 1.07 bits per heavy atom. The molecule has 151 valence electrons. The van der Waals surface area contributed by atoms with Crippen LogP contribution < -0.4 is 10.2 Å². The van der Waals surface area contributed by atoms with Crippen LogP contribution in [0.15, 0.2) is 48.5 Å². The minimum absolute atomic E-state index is 0. The van der Waals surface area contributed by atoms with Gasteiger partial charge in [0.1, 0.15) is 17.6 Å². The van der Waals surface area contributed by atoms with Gasteiger partial charge in [-0.15, -0.1) is 0 Å². The van der Waals surface area contributed by atoms with E-state index in [0.717, 1.165) is 38.1 Å². The number of para-hydroxylation sites is 1. The Balaban J connectivity index is 0.000000414. The number of benzene rings is 2. The molecule has 3 N–H and O–H groups in total. The molecule has 28 heavy (non-hydrogen) atoms. The first-order chi connectivity index (χ1) is 12.8. The summed E-state index contributed by atoms with van der Waals surface area (Å²) in [5.41, 5.74) is 0.849.